The van der Waals surface area contributed by atoms with Gasteiger partial charge in [0, 0.05) is 13.6 Å². The van der Waals surface area contributed by atoms with Gasteiger partial charge in [-0.2, -0.15) is 0 Å². The molecule has 4 heteroatoms. The van der Waals surface area contributed by atoms with Gasteiger partial charge in [0.25, 0.3) is 0 Å². The molecule has 0 amide bonds. The molecule has 78 valence electrons. The number of rotatable bonds is 4. The molecule has 0 spiro atoms. The highest BCUT2D eigenvalue weighted by Crippen LogP contribution is 2.17. The van der Waals surface area contributed by atoms with Gasteiger partial charge >= 0.3 is 0 Å². The van der Waals surface area contributed by atoms with E-state index in [1.807, 2.05) is 7.05 Å². The van der Waals surface area contributed by atoms with Crippen LogP contribution in [-0.4, -0.2) is 23.6 Å². The minimum atomic E-state index is 0.637. The predicted molar refractivity (Wildman–Crippen MR) is 59.2 cm³/mol. The van der Waals surface area contributed by atoms with Gasteiger partial charge < -0.3 is 10.6 Å². The first-order valence-corrected chi connectivity index (χ1v) is 4.91. The third kappa shape index (κ3) is 2.58. The monoisotopic (exact) mass is 194 g/mol. The third-order valence-corrected chi connectivity index (χ3v) is 2.36. The van der Waals surface area contributed by atoms with Gasteiger partial charge in [0.15, 0.2) is 5.82 Å². The molecular weight excluding hydrogens is 176 g/mol. The van der Waals surface area contributed by atoms with Crippen molar-refractivity contribution in [1.82, 2.24) is 9.97 Å². The summed E-state index contributed by atoms with van der Waals surface area (Å²) >= 11 is 0. The molecule has 0 saturated heterocycles. The molecule has 1 heterocycles. The number of nitrogen functional groups attached to an aromatic ring is 1. The van der Waals surface area contributed by atoms with Gasteiger partial charge in [0.1, 0.15) is 6.33 Å². The Kier molecular flexibility index (Phi) is 3.68. The Bertz CT molecular complexity index is 287. The van der Waals surface area contributed by atoms with E-state index in [1.54, 1.807) is 6.20 Å². The molecule has 1 unspecified atom stereocenters. The lowest BCUT2D eigenvalue weighted by Gasteiger charge is -2.22. The Balaban J connectivity index is 2.69. The fourth-order valence-corrected chi connectivity index (χ4v) is 1.34. The van der Waals surface area contributed by atoms with E-state index in [0.717, 1.165) is 18.8 Å². The molecule has 0 aromatic carbocycles. The van der Waals surface area contributed by atoms with Gasteiger partial charge in [-0.1, -0.05) is 20.3 Å². The Labute approximate surface area is 85.2 Å². The van der Waals surface area contributed by atoms with E-state index in [1.165, 1.54) is 6.33 Å². The molecular formula is C10H18N4. The second-order valence-electron chi connectivity index (χ2n) is 3.70. The number of anilines is 2. The van der Waals surface area contributed by atoms with E-state index in [4.69, 9.17) is 5.73 Å². The van der Waals surface area contributed by atoms with Crippen LogP contribution in [-0.2, 0) is 0 Å². The lowest BCUT2D eigenvalue weighted by atomic mass is 10.1. The average Bonchev–Trinajstić information content (AvgIpc) is 2.18. The number of nitrogens with zero attached hydrogens (tertiary/aromatic N) is 3. The SMILES string of the molecule is CCC(C)CN(C)c1ncncc1N. The third-order valence-electron chi connectivity index (χ3n) is 2.36. The summed E-state index contributed by atoms with van der Waals surface area (Å²) in [6.07, 6.45) is 4.32. The van der Waals surface area contributed by atoms with Crippen molar-refractivity contribution < 1.29 is 0 Å². The Hall–Kier alpha value is -1.32. The minimum absolute atomic E-state index is 0.637. The van der Waals surface area contributed by atoms with Gasteiger partial charge in [-0.05, 0) is 5.92 Å². The van der Waals surface area contributed by atoms with Crippen LogP contribution in [0.2, 0.25) is 0 Å². The van der Waals surface area contributed by atoms with Crippen LogP contribution in [0.25, 0.3) is 0 Å². The summed E-state index contributed by atoms with van der Waals surface area (Å²) in [5.74, 6) is 1.47. The maximum Gasteiger partial charge on any atom is 0.154 e. The molecule has 1 rings (SSSR count). The van der Waals surface area contributed by atoms with Crippen molar-refractivity contribution in [2.24, 2.45) is 5.92 Å². The molecule has 4 nitrogen and oxygen atoms in total. The standard InChI is InChI=1S/C10H18N4/c1-4-8(2)6-14(3)10-9(11)5-12-7-13-10/h5,7-8H,4,6,11H2,1-3H3. The van der Waals surface area contributed by atoms with Crippen molar-refractivity contribution in [2.75, 3.05) is 24.2 Å². The Morgan fingerprint density at radius 3 is 2.86 bits per heavy atom. The quantitative estimate of drug-likeness (QED) is 0.790. The second kappa shape index (κ2) is 4.79. The van der Waals surface area contributed by atoms with Crippen LogP contribution in [0, 0.1) is 5.92 Å². The van der Waals surface area contributed by atoms with Crippen molar-refractivity contribution in [3.63, 3.8) is 0 Å². The lowest BCUT2D eigenvalue weighted by molar-refractivity contribution is 0.558. The fourth-order valence-electron chi connectivity index (χ4n) is 1.34. The molecule has 14 heavy (non-hydrogen) atoms. The van der Waals surface area contributed by atoms with E-state index < -0.39 is 0 Å². The molecule has 0 aliphatic carbocycles. The summed E-state index contributed by atoms with van der Waals surface area (Å²) in [5, 5.41) is 0. The first-order valence-electron chi connectivity index (χ1n) is 4.91. The largest absolute Gasteiger partial charge is 0.394 e. The second-order valence-corrected chi connectivity index (χ2v) is 3.70. The summed E-state index contributed by atoms with van der Waals surface area (Å²) in [7, 11) is 2.00. The predicted octanol–water partition coefficient (Wildman–Crippen LogP) is 1.54. The molecule has 0 fully saturated rings. The lowest BCUT2D eigenvalue weighted by Crippen LogP contribution is -2.25. The van der Waals surface area contributed by atoms with E-state index in [0.29, 0.717) is 11.6 Å². The van der Waals surface area contributed by atoms with Crippen molar-refractivity contribution in [3.05, 3.63) is 12.5 Å². The highest BCUT2D eigenvalue weighted by atomic mass is 15.2. The summed E-state index contributed by atoms with van der Waals surface area (Å²) in [6, 6.07) is 0. The van der Waals surface area contributed by atoms with Crippen LogP contribution in [0.5, 0.6) is 0 Å². The zero-order valence-corrected chi connectivity index (χ0v) is 9.07. The maximum atomic E-state index is 5.77. The van der Waals surface area contributed by atoms with Crippen molar-refractivity contribution in [2.45, 2.75) is 20.3 Å². The number of nitrogens with two attached hydrogens (primary N) is 1. The molecule has 0 aliphatic rings. The summed E-state index contributed by atoms with van der Waals surface area (Å²) in [5.41, 5.74) is 6.41. The molecule has 0 bridgehead atoms. The van der Waals surface area contributed by atoms with Crippen LogP contribution in [0.1, 0.15) is 20.3 Å². The van der Waals surface area contributed by atoms with Crippen molar-refractivity contribution in [1.29, 1.82) is 0 Å². The van der Waals surface area contributed by atoms with Gasteiger partial charge in [0.2, 0.25) is 0 Å². The topological polar surface area (TPSA) is 55.0 Å². The van der Waals surface area contributed by atoms with Crippen LogP contribution in [0.3, 0.4) is 0 Å². The highest BCUT2D eigenvalue weighted by Gasteiger charge is 2.09. The fraction of sp³-hybridized carbons (Fsp3) is 0.600. The minimum Gasteiger partial charge on any atom is -0.394 e. The van der Waals surface area contributed by atoms with E-state index in [-0.39, 0.29) is 0 Å². The first-order chi connectivity index (χ1) is 6.65. The highest BCUT2D eigenvalue weighted by molar-refractivity contribution is 5.60. The van der Waals surface area contributed by atoms with Crippen LogP contribution in [0.15, 0.2) is 12.5 Å². The maximum absolute atomic E-state index is 5.77. The van der Waals surface area contributed by atoms with E-state index in [9.17, 15) is 0 Å². The van der Waals surface area contributed by atoms with Crippen molar-refractivity contribution in [3.8, 4) is 0 Å². The zero-order valence-electron chi connectivity index (χ0n) is 9.07. The molecule has 1 aromatic rings. The smallest absolute Gasteiger partial charge is 0.154 e. The van der Waals surface area contributed by atoms with Crippen LogP contribution in [0.4, 0.5) is 11.5 Å². The molecule has 0 aliphatic heterocycles. The van der Waals surface area contributed by atoms with Gasteiger partial charge in [0.05, 0.1) is 11.9 Å². The number of hydrogen-bond acceptors (Lipinski definition) is 4. The van der Waals surface area contributed by atoms with E-state index >= 15 is 0 Å². The van der Waals surface area contributed by atoms with Crippen molar-refractivity contribution >= 4 is 11.5 Å². The normalized spacial score (nSPS) is 12.5. The summed E-state index contributed by atoms with van der Waals surface area (Å²) in [4.78, 5) is 10.1. The van der Waals surface area contributed by atoms with Crippen LogP contribution < -0.4 is 10.6 Å². The summed E-state index contributed by atoms with van der Waals surface area (Å²) < 4.78 is 0. The molecule has 2 N–H and O–H groups in total. The molecule has 0 saturated carbocycles. The van der Waals surface area contributed by atoms with Gasteiger partial charge in [-0.15, -0.1) is 0 Å². The van der Waals surface area contributed by atoms with Crippen LogP contribution >= 0.6 is 0 Å². The molecule has 0 radical (unpaired) electrons. The van der Waals surface area contributed by atoms with E-state index in [2.05, 4.69) is 28.7 Å². The first kappa shape index (κ1) is 10.8. The Morgan fingerprint density at radius 1 is 1.57 bits per heavy atom. The number of hydrogen-bond donors (Lipinski definition) is 1. The van der Waals surface area contributed by atoms with Gasteiger partial charge in [-0.3, -0.25) is 0 Å². The number of aromatic nitrogens is 2. The van der Waals surface area contributed by atoms with Gasteiger partial charge in [-0.25, -0.2) is 9.97 Å². The summed E-state index contributed by atoms with van der Waals surface area (Å²) in [6.45, 7) is 5.37. The zero-order chi connectivity index (χ0) is 10.6. The average molecular weight is 194 g/mol. The molecule has 1 atom stereocenters. The molecule has 1 aromatic heterocycles. The Morgan fingerprint density at radius 2 is 2.29 bits per heavy atom.